The lowest BCUT2D eigenvalue weighted by atomic mass is 10.3. The Hall–Kier alpha value is -1.72. The smallest absolute Gasteiger partial charge is 0.313 e. The molecule has 1 unspecified atom stereocenters. The molecule has 26 heavy (non-hydrogen) atoms. The molecule has 1 atom stereocenters. The van der Waals surface area contributed by atoms with Crippen molar-refractivity contribution in [1.29, 1.82) is 0 Å². The first-order chi connectivity index (χ1) is 12.2. The molecule has 0 bridgehead atoms. The molecule has 11 heteroatoms. The maximum Gasteiger partial charge on any atom is 0.313 e. The Labute approximate surface area is 156 Å². The number of aliphatic hydroxyl groups is 1. The van der Waals surface area contributed by atoms with E-state index >= 15 is 0 Å². The lowest BCUT2D eigenvalue weighted by molar-refractivity contribution is -0.136. The fourth-order valence-electron chi connectivity index (χ4n) is 2.20. The third kappa shape index (κ3) is 5.15. The Kier molecular flexibility index (Phi) is 6.95. The minimum Gasteiger partial charge on any atom is -0.392 e. The highest BCUT2D eigenvalue weighted by Gasteiger charge is 2.27. The van der Waals surface area contributed by atoms with Crippen molar-refractivity contribution in [3.05, 3.63) is 23.2 Å². The molecule has 1 heterocycles. The van der Waals surface area contributed by atoms with Crippen LogP contribution in [0.3, 0.4) is 0 Å². The Bertz CT molecular complexity index is 778. The van der Waals surface area contributed by atoms with Gasteiger partial charge in [0, 0.05) is 19.6 Å². The molecule has 2 rings (SSSR count). The van der Waals surface area contributed by atoms with Crippen molar-refractivity contribution in [1.82, 2.24) is 9.62 Å². The van der Waals surface area contributed by atoms with Gasteiger partial charge in [0.1, 0.15) is 0 Å². The summed E-state index contributed by atoms with van der Waals surface area (Å²) in [5.41, 5.74) is -0.00167. The highest BCUT2D eigenvalue weighted by Crippen LogP contribution is 2.27. The topological polar surface area (TPSA) is 125 Å². The van der Waals surface area contributed by atoms with Gasteiger partial charge in [-0.15, -0.1) is 0 Å². The number of halogens is 1. The molecule has 0 aliphatic carbocycles. The number of nitrogens with zero attached hydrogens (tertiary/aromatic N) is 1. The third-order valence-electron chi connectivity index (χ3n) is 3.56. The molecule has 9 nitrogen and oxygen atoms in total. The predicted molar refractivity (Wildman–Crippen MR) is 94.4 cm³/mol. The van der Waals surface area contributed by atoms with E-state index in [9.17, 15) is 18.0 Å². The van der Waals surface area contributed by atoms with E-state index in [1.54, 1.807) is 0 Å². The number of benzene rings is 1. The number of ether oxygens (including phenoxy) is 1. The lowest BCUT2D eigenvalue weighted by Gasteiger charge is -2.26. The Morgan fingerprint density at radius 1 is 1.31 bits per heavy atom. The van der Waals surface area contributed by atoms with Crippen LogP contribution in [0.1, 0.15) is 6.92 Å². The number of rotatable bonds is 5. The van der Waals surface area contributed by atoms with Crippen LogP contribution in [-0.2, 0) is 24.3 Å². The number of carbonyl (C=O) groups is 2. The van der Waals surface area contributed by atoms with Crippen LogP contribution in [0, 0.1) is 0 Å². The predicted octanol–water partition coefficient (Wildman–Crippen LogP) is -0.204. The zero-order valence-electron chi connectivity index (χ0n) is 14.1. The number of carbonyl (C=O) groups excluding carboxylic acids is 2. The van der Waals surface area contributed by atoms with E-state index in [1.807, 2.05) is 0 Å². The molecule has 1 saturated heterocycles. The number of anilines is 1. The summed E-state index contributed by atoms with van der Waals surface area (Å²) < 4.78 is 31.7. The van der Waals surface area contributed by atoms with Crippen LogP contribution in [-0.4, -0.2) is 68.6 Å². The zero-order valence-corrected chi connectivity index (χ0v) is 15.6. The molecule has 0 spiro atoms. The molecule has 0 radical (unpaired) electrons. The van der Waals surface area contributed by atoms with Gasteiger partial charge in [-0.25, -0.2) is 8.42 Å². The fraction of sp³-hybridized carbons (Fsp3) is 0.467. The van der Waals surface area contributed by atoms with E-state index in [-0.39, 0.29) is 35.2 Å². The number of amides is 2. The van der Waals surface area contributed by atoms with Crippen molar-refractivity contribution >= 4 is 39.1 Å². The summed E-state index contributed by atoms with van der Waals surface area (Å²) in [5.74, 6) is -1.99. The van der Waals surface area contributed by atoms with Gasteiger partial charge in [-0.3, -0.25) is 9.59 Å². The quantitative estimate of drug-likeness (QED) is 0.582. The fourth-order valence-corrected chi connectivity index (χ4v) is 3.80. The van der Waals surface area contributed by atoms with Crippen LogP contribution in [0.25, 0.3) is 0 Å². The van der Waals surface area contributed by atoms with Crippen LogP contribution in [0.15, 0.2) is 23.1 Å². The van der Waals surface area contributed by atoms with Crippen LogP contribution >= 0.6 is 11.6 Å². The summed E-state index contributed by atoms with van der Waals surface area (Å²) in [6.45, 7) is 2.43. The van der Waals surface area contributed by atoms with Crippen molar-refractivity contribution in [3.8, 4) is 0 Å². The summed E-state index contributed by atoms with van der Waals surface area (Å²) in [4.78, 5) is 23.5. The number of morpholine rings is 1. The van der Waals surface area contributed by atoms with Crippen molar-refractivity contribution in [2.75, 3.05) is 38.2 Å². The molecule has 0 saturated carbocycles. The molecule has 1 aromatic carbocycles. The van der Waals surface area contributed by atoms with Crippen molar-refractivity contribution in [2.24, 2.45) is 0 Å². The van der Waals surface area contributed by atoms with E-state index < -0.39 is 27.9 Å². The normalized spacial score (nSPS) is 16.7. The number of sulfonamides is 1. The number of aliphatic hydroxyl groups excluding tert-OH is 1. The van der Waals surface area contributed by atoms with Gasteiger partial charge in [-0.1, -0.05) is 11.6 Å². The second-order valence-corrected chi connectivity index (χ2v) is 8.02. The number of nitrogens with one attached hydrogen (secondary N) is 2. The largest absolute Gasteiger partial charge is 0.392 e. The number of hydrogen-bond acceptors (Lipinski definition) is 6. The van der Waals surface area contributed by atoms with Crippen molar-refractivity contribution in [2.45, 2.75) is 17.9 Å². The molecular formula is C15H20ClN3O6S. The molecule has 1 aromatic rings. The van der Waals surface area contributed by atoms with Crippen LogP contribution in [0.4, 0.5) is 5.69 Å². The van der Waals surface area contributed by atoms with E-state index in [0.717, 1.165) is 0 Å². The van der Waals surface area contributed by atoms with Gasteiger partial charge < -0.3 is 20.5 Å². The minimum atomic E-state index is -3.77. The first-order valence-corrected chi connectivity index (χ1v) is 9.68. The van der Waals surface area contributed by atoms with Crippen LogP contribution < -0.4 is 10.6 Å². The van der Waals surface area contributed by atoms with Gasteiger partial charge in [0.2, 0.25) is 10.0 Å². The summed E-state index contributed by atoms with van der Waals surface area (Å²) >= 11 is 5.99. The second kappa shape index (κ2) is 8.78. The first kappa shape index (κ1) is 20.6. The second-order valence-electron chi connectivity index (χ2n) is 5.67. The Balaban J connectivity index is 2.16. The molecular weight excluding hydrogens is 386 g/mol. The van der Waals surface area contributed by atoms with E-state index in [2.05, 4.69) is 10.6 Å². The van der Waals surface area contributed by atoms with Crippen LogP contribution in [0.5, 0.6) is 0 Å². The molecule has 1 aliphatic rings. The summed E-state index contributed by atoms with van der Waals surface area (Å²) in [6, 6.07) is 3.86. The summed E-state index contributed by atoms with van der Waals surface area (Å²) in [5, 5.41) is 13.7. The zero-order chi connectivity index (χ0) is 19.3. The van der Waals surface area contributed by atoms with E-state index in [0.29, 0.717) is 13.2 Å². The monoisotopic (exact) mass is 405 g/mol. The molecule has 3 N–H and O–H groups in total. The minimum absolute atomic E-state index is 0.00167. The van der Waals surface area contributed by atoms with Gasteiger partial charge >= 0.3 is 11.8 Å². The van der Waals surface area contributed by atoms with Gasteiger partial charge in [0.25, 0.3) is 0 Å². The third-order valence-corrected chi connectivity index (χ3v) is 5.78. The summed E-state index contributed by atoms with van der Waals surface area (Å²) in [7, 11) is -3.77. The van der Waals surface area contributed by atoms with E-state index in [1.165, 1.54) is 29.4 Å². The summed E-state index contributed by atoms with van der Waals surface area (Å²) in [6.07, 6.45) is -0.808. The van der Waals surface area contributed by atoms with Gasteiger partial charge in [0.15, 0.2) is 0 Å². The van der Waals surface area contributed by atoms with Crippen LogP contribution in [0.2, 0.25) is 5.02 Å². The van der Waals surface area contributed by atoms with E-state index in [4.69, 9.17) is 21.4 Å². The average Bonchev–Trinajstić information content (AvgIpc) is 2.61. The molecule has 0 aromatic heterocycles. The van der Waals surface area contributed by atoms with Crippen molar-refractivity contribution < 1.29 is 27.9 Å². The van der Waals surface area contributed by atoms with Gasteiger partial charge in [0.05, 0.1) is 34.9 Å². The molecule has 1 aliphatic heterocycles. The average molecular weight is 406 g/mol. The highest BCUT2D eigenvalue weighted by molar-refractivity contribution is 7.89. The Morgan fingerprint density at radius 3 is 2.58 bits per heavy atom. The Morgan fingerprint density at radius 2 is 1.96 bits per heavy atom. The maximum absolute atomic E-state index is 12.7. The highest BCUT2D eigenvalue weighted by atomic mass is 35.5. The number of hydrogen-bond donors (Lipinski definition) is 3. The van der Waals surface area contributed by atoms with Gasteiger partial charge in [-0.2, -0.15) is 4.31 Å². The van der Waals surface area contributed by atoms with Gasteiger partial charge in [-0.05, 0) is 25.1 Å². The SMILES string of the molecule is CC(O)CNC(=O)C(=O)Nc1cc(S(=O)(=O)N2CCOCC2)ccc1Cl. The molecule has 2 amide bonds. The maximum atomic E-state index is 12.7. The molecule has 1 fully saturated rings. The molecule has 144 valence electrons. The first-order valence-electron chi connectivity index (χ1n) is 7.86. The standard InChI is InChI=1S/C15H20ClN3O6S/c1-10(20)9-17-14(21)15(22)18-13-8-11(2-3-12(13)16)26(23,24)19-4-6-25-7-5-19/h2-3,8,10,20H,4-7,9H2,1H3,(H,17,21)(H,18,22). The van der Waals surface area contributed by atoms with Crippen molar-refractivity contribution in [3.63, 3.8) is 0 Å². The lowest BCUT2D eigenvalue weighted by Crippen LogP contribution is -2.40.